The number of nitrogens with one attached hydrogen (secondary N) is 1. The van der Waals surface area contributed by atoms with Crippen LogP contribution in [0.2, 0.25) is 5.02 Å². The van der Waals surface area contributed by atoms with Gasteiger partial charge in [0.1, 0.15) is 5.82 Å². The van der Waals surface area contributed by atoms with Crippen LogP contribution in [0.4, 0.5) is 10.6 Å². The van der Waals surface area contributed by atoms with E-state index in [1.165, 1.54) is 0 Å². The summed E-state index contributed by atoms with van der Waals surface area (Å²) in [4.78, 5) is 20.6. The zero-order valence-electron chi connectivity index (χ0n) is 11.8. The van der Waals surface area contributed by atoms with Crippen molar-refractivity contribution in [2.75, 3.05) is 42.6 Å². The molecule has 0 radical (unpaired) electrons. The summed E-state index contributed by atoms with van der Waals surface area (Å²) in [5.74, 6) is 2.88. The monoisotopic (exact) mass is 326 g/mol. The number of thioether (sulfide) groups is 1. The highest BCUT2D eigenvalue weighted by Crippen LogP contribution is 2.25. The number of aromatic nitrogens is 1. The van der Waals surface area contributed by atoms with Gasteiger partial charge in [-0.25, -0.2) is 9.78 Å². The summed E-state index contributed by atoms with van der Waals surface area (Å²) in [6, 6.07) is 3.91. The molecule has 0 aliphatic carbocycles. The molecule has 0 aromatic carbocycles. The minimum absolute atomic E-state index is 0.0641. The van der Waals surface area contributed by atoms with Crippen LogP contribution in [0.1, 0.15) is 6.42 Å². The molecule has 2 saturated heterocycles. The summed E-state index contributed by atoms with van der Waals surface area (Å²) >= 11 is 8.08. The number of anilines is 1. The van der Waals surface area contributed by atoms with Gasteiger partial charge in [0.25, 0.3) is 0 Å². The number of rotatable bonds is 2. The van der Waals surface area contributed by atoms with E-state index in [0.29, 0.717) is 5.02 Å². The minimum atomic E-state index is 0.0641. The predicted octanol–water partition coefficient (Wildman–Crippen LogP) is 2.07. The fraction of sp³-hybridized carbons (Fsp3) is 0.571. The smallest absolute Gasteiger partial charge is 0.317 e. The molecule has 1 atom stereocenters. The van der Waals surface area contributed by atoms with Crippen LogP contribution in [-0.4, -0.2) is 59.6 Å². The maximum absolute atomic E-state index is 12.2. The van der Waals surface area contributed by atoms with E-state index in [-0.39, 0.29) is 12.1 Å². The average molecular weight is 327 g/mol. The first kappa shape index (κ1) is 14.8. The number of halogens is 1. The zero-order chi connectivity index (χ0) is 14.7. The van der Waals surface area contributed by atoms with Crippen LogP contribution < -0.4 is 10.2 Å². The quantitative estimate of drug-likeness (QED) is 0.904. The Hall–Kier alpha value is -1.14. The number of carbonyl (C=O) groups excluding carboxylic acids is 1. The van der Waals surface area contributed by atoms with Crippen molar-refractivity contribution in [2.24, 2.45) is 0 Å². The Labute approximate surface area is 134 Å². The van der Waals surface area contributed by atoms with E-state index in [9.17, 15) is 4.79 Å². The molecule has 7 heteroatoms. The number of hydrogen-bond acceptors (Lipinski definition) is 4. The maximum atomic E-state index is 12.2. The Morgan fingerprint density at radius 2 is 2.19 bits per heavy atom. The fourth-order valence-electron chi connectivity index (χ4n) is 2.71. The first-order valence-corrected chi connectivity index (χ1v) is 8.76. The van der Waals surface area contributed by atoms with E-state index in [2.05, 4.69) is 15.2 Å². The molecule has 2 aliphatic rings. The Morgan fingerprint density at radius 3 is 2.95 bits per heavy atom. The van der Waals surface area contributed by atoms with Crippen molar-refractivity contribution in [1.82, 2.24) is 15.2 Å². The fourth-order valence-corrected chi connectivity index (χ4v) is 3.86. The normalized spacial score (nSPS) is 22.4. The maximum Gasteiger partial charge on any atom is 0.317 e. The molecule has 1 aromatic rings. The van der Waals surface area contributed by atoms with Crippen LogP contribution in [0.15, 0.2) is 18.3 Å². The molecule has 5 nitrogen and oxygen atoms in total. The molecule has 114 valence electrons. The summed E-state index contributed by atoms with van der Waals surface area (Å²) in [5, 5.41) is 3.80. The second-order valence-electron chi connectivity index (χ2n) is 5.29. The van der Waals surface area contributed by atoms with Gasteiger partial charge in [-0.1, -0.05) is 11.6 Å². The van der Waals surface area contributed by atoms with Gasteiger partial charge < -0.3 is 15.1 Å². The second-order valence-corrected chi connectivity index (χ2v) is 6.92. The van der Waals surface area contributed by atoms with Crippen LogP contribution in [0.3, 0.4) is 0 Å². The molecule has 0 unspecified atom stereocenters. The first-order valence-electron chi connectivity index (χ1n) is 7.22. The molecule has 2 aliphatic heterocycles. The van der Waals surface area contributed by atoms with Gasteiger partial charge in [0, 0.05) is 49.9 Å². The number of carbonyl (C=O) groups is 1. The Kier molecular flexibility index (Phi) is 4.75. The third-order valence-electron chi connectivity index (χ3n) is 3.85. The lowest BCUT2D eigenvalue weighted by atomic mass is 10.3. The summed E-state index contributed by atoms with van der Waals surface area (Å²) in [6.45, 7) is 3.33. The van der Waals surface area contributed by atoms with E-state index in [1.807, 2.05) is 28.8 Å². The highest BCUT2D eigenvalue weighted by molar-refractivity contribution is 7.99. The molecule has 21 heavy (non-hydrogen) atoms. The molecule has 2 amide bonds. The molecular formula is C14H19ClN4OS. The topological polar surface area (TPSA) is 48.5 Å². The Morgan fingerprint density at radius 1 is 1.38 bits per heavy atom. The molecule has 0 spiro atoms. The highest BCUT2D eigenvalue weighted by atomic mass is 35.5. The van der Waals surface area contributed by atoms with Gasteiger partial charge in [-0.3, -0.25) is 0 Å². The minimum Gasteiger partial charge on any atom is -0.353 e. The van der Waals surface area contributed by atoms with Gasteiger partial charge in [0.05, 0.1) is 5.02 Å². The Balaban J connectivity index is 1.55. The van der Waals surface area contributed by atoms with Crippen LogP contribution in [0, 0.1) is 0 Å². The standard InChI is InChI=1S/C14H19ClN4OS/c15-12-2-1-4-16-13(12)19-5-3-11(10-19)17-14(20)18-6-8-21-9-7-18/h1-2,4,11H,3,5-10H2,(H,17,20)/t11-/m1/s1. The number of hydrogen-bond donors (Lipinski definition) is 1. The molecule has 0 saturated carbocycles. The summed E-state index contributed by atoms with van der Waals surface area (Å²) in [6.07, 6.45) is 2.68. The third kappa shape index (κ3) is 3.55. The van der Waals surface area contributed by atoms with Crippen molar-refractivity contribution in [1.29, 1.82) is 0 Å². The van der Waals surface area contributed by atoms with Crippen LogP contribution >= 0.6 is 23.4 Å². The van der Waals surface area contributed by atoms with Crippen molar-refractivity contribution < 1.29 is 4.79 Å². The lowest BCUT2D eigenvalue weighted by molar-refractivity contribution is 0.199. The summed E-state index contributed by atoms with van der Waals surface area (Å²) < 4.78 is 0. The third-order valence-corrected chi connectivity index (χ3v) is 5.09. The lowest BCUT2D eigenvalue weighted by Crippen LogP contribution is -2.48. The molecule has 3 heterocycles. The second kappa shape index (κ2) is 6.75. The Bertz CT molecular complexity index is 510. The molecule has 1 aromatic heterocycles. The molecule has 0 bridgehead atoms. The highest BCUT2D eigenvalue weighted by Gasteiger charge is 2.27. The van der Waals surface area contributed by atoms with E-state index in [0.717, 1.165) is 49.9 Å². The number of amides is 2. The number of pyridine rings is 1. The van der Waals surface area contributed by atoms with Crippen molar-refractivity contribution in [3.05, 3.63) is 23.4 Å². The molecule has 2 fully saturated rings. The van der Waals surface area contributed by atoms with Crippen molar-refractivity contribution in [3.63, 3.8) is 0 Å². The zero-order valence-corrected chi connectivity index (χ0v) is 13.4. The lowest BCUT2D eigenvalue weighted by Gasteiger charge is -2.28. The van der Waals surface area contributed by atoms with Gasteiger partial charge in [0.15, 0.2) is 0 Å². The van der Waals surface area contributed by atoms with Crippen LogP contribution in [0.5, 0.6) is 0 Å². The van der Waals surface area contributed by atoms with E-state index in [1.54, 1.807) is 6.20 Å². The van der Waals surface area contributed by atoms with Crippen molar-refractivity contribution in [2.45, 2.75) is 12.5 Å². The largest absolute Gasteiger partial charge is 0.353 e. The van der Waals surface area contributed by atoms with Crippen LogP contribution in [-0.2, 0) is 0 Å². The first-order chi connectivity index (χ1) is 10.2. The van der Waals surface area contributed by atoms with Gasteiger partial charge >= 0.3 is 6.03 Å². The van der Waals surface area contributed by atoms with Crippen molar-refractivity contribution >= 4 is 35.2 Å². The van der Waals surface area contributed by atoms with E-state index >= 15 is 0 Å². The van der Waals surface area contributed by atoms with Gasteiger partial charge in [-0.15, -0.1) is 0 Å². The summed E-state index contributed by atoms with van der Waals surface area (Å²) in [7, 11) is 0. The van der Waals surface area contributed by atoms with E-state index < -0.39 is 0 Å². The summed E-state index contributed by atoms with van der Waals surface area (Å²) in [5.41, 5.74) is 0. The van der Waals surface area contributed by atoms with E-state index in [4.69, 9.17) is 11.6 Å². The number of nitrogens with zero attached hydrogens (tertiary/aromatic N) is 3. The van der Waals surface area contributed by atoms with Crippen LogP contribution in [0.25, 0.3) is 0 Å². The van der Waals surface area contributed by atoms with Gasteiger partial charge in [0.2, 0.25) is 0 Å². The van der Waals surface area contributed by atoms with Gasteiger partial charge in [-0.05, 0) is 18.6 Å². The average Bonchev–Trinajstić information content (AvgIpc) is 2.97. The molecular weight excluding hydrogens is 308 g/mol. The molecule has 1 N–H and O–H groups in total. The predicted molar refractivity (Wildman–Crippen MR) is 87.3 cm³/mol. The number of urea groups is 1. The van der Waals surface area contributed by atoms with Crippen molar-refractivity contribution in [3.8, 4) is 0 Å². The molecule has 3 rings (SSSR count). The van der Waals surface area contributed by atoms with Gasteiger partial charge in [-0.2, -0.15) is 11.8 Å². The SMILES string of the molecule is O=C(N[C@@H]1CCN(c2ncccc2Cl)C1)N1CCSCC1.